The first kappa shape index (κ1) is 25.7. The van der Waals surface area contributed by atoms with Crippen LogP contribution < -0.4 is 21.3 Å². The molecule has 11 heteroatoms. The van der Waals surface area contributed by atoms with Gasteiger partial charge in [0.15, 0.2) is 6.29 Å². The van der Waals surface area contributed by atoms with Gasteiger partial charge < -0.3 is 25.8 Å². The van der Waals surface area contributed by atoms with Crippen LogP contribution in [0.4, 0.5) is 21.9 Å². The molecule has 0 aromatic heterocycles. The topological polar surface area (TPSA) is 149 Å². The van der Waals surface area contributed by atoms with Gasteiger partial charge in [-0.15, -0.1) is 0 Å². The molecule has 4 N–H and O–H groups in total. The Hall–Kier alpha value is -3.54. The van der Waals surface area contributed by atoms with Crippen LogP contribution in [0.1, 0.15) is 19.4 Å². The number of urea groups is 1. The number of nitro benzene ring substituents is 1. The summed E-state index contributed by atoms with van der Waals surface area (Å²) >= 11 is 0. The molecule has 0 heterocycles. The number of carbonyl (C=O) groups is 2. The molecule has 0 fully saturated rings. The van der Waals surface area contributed by atoms with E-state index in [0.29, 0.717) is 31.1 Å². The number of hydrogen-bond acceptors (Lipinski definition) is 7. The van der Waals surface area contributed by atoms with E-state index in [1.807, 2.05) is 0 Å². The third-order valence-electron chi connectivity index (χ3n) is 4.53. The second-order valence-corrected chi connectivity index (χ2v) is 6.83. The molecule has 0 aliphatic carbocycles. The number of nitro groups is 1. The number of rotatable bonds is 12. The zero-order valence-corrected chi connectivity index (χ0v) is 18.7. The molecule has 0 aliphatic rings. The molecule has 0 radical (unpaired) electrons. The fourth-order valence-electron chi connectivity index (χ4n) is 2.91. The van der Waals surface area contributed by atoms with Crippen molar-refractivity contribution in [1.29, 1.82) is 0 Å². The number of nitrogens with zero attached hydrogens (tertiary/aromatic N) is 2. The van der Waals surface area contributed by atoms with Gasteiger partial charge in [-0.05, 0) is 43.7 Å². The van der Waals surface area contributed by atoms with Crippen molar-refractivity contribution in [2.45, 2.75) is 26.7 Å². The summed E-state index contributed by atoms with van der Waals surface area (Å²) in [5, 5.41) is 16.2. The third-order valence-corrected chi connectivity index (χ3v) is 4.53. The SMILES string of the molecule is CCOC(CN(C(=O)NCC(=O)Nc1ccc(CN)cc1)c1ccc([N+](=O)[O-])cc1)OCC. The van der Waals surface area contributed by atoms with E-state index in [2.05, 4.69) is 10.6 Å². The van der Waals surface area contributed by atoms with Gasteiger partial charge in [0.2, 0.25) is 5.91 Å². The van der Waals surface area contributed by atoms with Crippen molar-refractivity contribution in [3.8, 4) is 0 Å². The highest BCUT2D eigenvalue weighted by molar-refractivity contribution is 5.98. The molecule has 0 atom stereocenters. The standard InChI is InChI=1S/C22H29N5O6/c1-3-32-21(33-4-2)15-26(18-9-11-19(12-10-18)27(30)31)22(29)24-14-20(28)25-17-7-5-16(13-23)6-8-17/h5-12,21H,3-4,13-15,23H2,1-2H3,(H,24,29)(H,25,28). The Kier molecular flexibility index (Phi) is 10.2. The Morgan fingerprint density at radius 2 is 1.67 bits per heavy atom. The molecular formula is C22H29N5O6. The number of anilines is 2. The smallest absolute Gasteiger partial charge is 0.322 e. The van der Waals surface area contributed by atoms with Crippen molar-refractivity contribution >= 4 is 29.0 Å². The van der Waals surface area contributed by atoms with Crippen LogP contribution in [0, 0.1) is 10.1 Å². The number of amides is 3. The summed E-state index contributed by atoms with van der Waals surface area (Å²) in [7, 11) is 0. The first-order chi connectivity index (χ1) is 15.9. The number of hydrogen-bond donors (Lipinski definition) is 3. The van der Waals surface area contributed by atoms with Crippen LogP contribution in [-0.4, -0.2) is 49.5 Å². The number of carbonyl (C=O) groups excluding carboxylic acids is 2. The van der Waals surface area contributed by atoms with Gasteiger partial charge >= 0.3 is 6.03 Å². The number of non-ortho nitro benzene ring substituents is 1. The molecule has 0 aliphatic heterocycles. The summed E-state index contributed by atoms with van der Waals surface area (Å²) < 4.78 is 11.1. The zero-order chi connectivity index (χ0) is 24.2. The van der Waals surface area contributed by atoms with E-state index in [9.17, 15) is 19.7 Å². The van der Waals surface area contributed by atoms with Crippen molar-refractivity contribution < 1.29 is 24.0 Å². The minimum atomic E-state index is -0.712. The lowest BCUT2D eigenvalue weighted by Gasteiger charge is -2.27. The largest absolute Gasteiger partial charge is 0.351 e. The lowest BCUT2D eigenvalue weighted by atomic mass is 10.2. The first-order valence-electron chi connectivity index (χ1n) is 10.5. The lowest BCUT2D eigenvalue weighted by Crippen LogP contribution is -2.47. The lowest BCUT2D eigenvalue weighted by molar-refractivity contribution is -0.384. The van der Waals surface area contributed by atoms with E-state index >= 15 is 0 Å². The fraction of sp³-hybridized carbons (Fsp3) is 0.364. The third kappa shape index (κ3) is 8.15. The molecule has 2 rings (SSSR count). The van der Waals surface area contributed by atoms with Crippen molar-refractivity contribution in [1.82, 2.24) is 5.32 Å². The van der Waals surface area contributed by atoms with Crippen LogP contribution in [0.5, 0.6) is 0 Å². The molecular weight excluding hydrogens is 430 g/mol. The minimum Gasteiger partial charge on any atom is -0.351 e. The molecule has 0 saturated heterocycles. The maximum atomic E-state index is 12.9. The summed E-state index contributed by atoms with van der Waals surface area (Å²) in [6.45, 7) is 4.46. The highest BCUT2D eigenvalue weighted by atomic mass is 16.7. The molecule has 0 unspecified atom stereocenters. The molecule has 2 aromatic rings. The second kappa shape index (κ2) is 13.1. The predicted molar refractivity (Wildman–Crippen MR) is 124 cm³/mol. The quantitative estimate of drug-likeness (QED) is 0.251. The summed E-state index contributed by atoms with van der Waals surface area (Å²) in [5.41, 5.74) is 7.35. The fourth-order valence-corrected chi connectivity index (χ4v) is 2.91. The number of nitrogens with one attached hydrogen (secondary N) is 2. The summed E-state index contributed by atoms with van der Waals surface area (Å²) in [5.74, 6) is -0.418. The van der Waals surface area contributed by atoms with Gasteiger partial charge in [0.25, 0.3) is 5.69 Å². The highest BCUT2D eigenvalue weighted by Gasteiger charge is 2.22. The second-order valence-electron chi connectivity index (χ2n) is 6.83. The molecule has 178 valence electrons. The van der Waals surface area contributed by atoms with E-state index < -0.39 is 23.2 Å². The Morgan fingerprint density at radius 3 is 2.18 bits per heavy atom. The minimum absolute atomic E-state index is 0.0213. The van der Waals surface area contributed by atoms with E-state index in [4.69, 9.17) is 15.2 Å². The van der Waals surface area contributed by atoms with Gasteiger partial charge in [-0.1, -0.05) is 12.1 Å². The first-order valence-corrected chi connectivity index (χ1v) is 10.5. The average molecular weight is 460 g/mol. The van der Waals surface area contributed by atoms with Crippen LogP contribution >= 0.6 is 0 Å². The average Bonchev–Trinajstić information content (AvgIpc) is 2.81. The van der Waals surface area contributed by atoms with E-state index in [1.54, 1.807) is 38.1 Å². The van der Waals surface area contributed by atoms with Gasteiger partial charge in [0, 0.05) is 43.3 Å². The van der Waals surface area contributed by atoms with Gasteiger partial charge in [0.05, 0.1) is 18.0 Å². The van der Waals surface area contributed by atoms with E-state index in [-0.39, 0.29) is 18.8 Å². The van der Waals surface area contributed by atoms with Crippen LogP contribution in [0.3, 0.4) is 0 Å². The van der Waals surface area contributed by atoms with Gasteiger partial charge in [-0.2, -0.15) is 0 Å². The van der Waals surface area contributed by atoms with Crippen molar-refractivity contribution in [2.24, 2.45) is 5.73 Å². The number of benzene rings is 2. The number of ether oxygens (including phenoxy) is 2. The van der Waals surface area contributed by atoms with Gasteiger partial charge in [-0.25, -0.2) is 4.79 Å². The molecule has 0 spiro atoms. The van der Waals surface area contributed by atoms with Crippen molar-refractivity contribution in [3.63, 3.8) is 0 Å². The maximum Gasteiger partial charge on any atom is 0.322 e. The van der Waals surface area contributed by atoms with Gasteiger partial charge in [-0.3, -0.25) is 19.8 Å². The van der Waals surface area contributed by atoms with Crippen LogP contribution in [0.15, 0.2) is 48.5 Å². The van der Waals surface area contributed by atoms with E-state index in [1.165, 1.54) is 29.2 Å². The Bertz CT molecular complexity index is 914. The van der Waals surface area contributed by atoms with Gasteiger partial charge in [0.1, 0.15) is 0 Å². The predicted octanol–water partition coefficient (Wildman–Crippen LogP) is 2.61. The van der Waals surface area contributed by atoms with Crippen LogP contribution in [0.25, 0.3) is 0 Å². The number of nitrogens with two attached hydrogens (primary N) is 1. The summed E-state index contributed by atoms with van der Waals surface area (Å²) in [6.07, 6.45) is -0.712. The Balaban J connectivity index is 2.09. The zero-order valence-electron chi connectivity index (χ0n) is 18.7. The highest BCUT2D eigenvalue weighted by Crippen LogP contribution is 2.20. The summed E-state index contributed by atoms with van der Waals surface area (Å²) in [6, 6.07) is 11.9. The monoisotopic (exact) mass is 459 g/mol. The Morgan fingerprint density at radius 1 is 1.06 bits per heavy atom. The normalized spacial score (nSPS) is 10.7. The molecule has 33 heavy (non-hydrogen) atoms. The molecule has 0 saturated carbocycles. The molecule has 3 amide bonds. The summed E-state index contributed by atoms with van der Waals surface area (Å²) in [4.78, 5) is 36.9. The van der Waals surface area contributed by atoms with Crippen LogP contribution in [0.2, 0.25) is 0 Å². The van der Waals surface area contributed by atoms with E-state index in [0.717, 1.165) is 5.56 Å². The Labute approximate surface area is 192 Å². The maximum absolute atomic E-state index is 12.9. The molecule has 0 bridgehead atoms. The van der Waals surface area contributed by atoms with Crippen LogP contribution in [-0.2, 0) is 20.8 Å². The van der Waals surface area contributed by atoms with Crippen molar-refractivity contribution in [3.05, 3.63) is 64.2 Å². The van der Waals surface area contributed by atoms with Crippen molar-refractivity contribution in [2.75, 3.05) is 36.5 Å². The molecule has 11 nitrogen and oxygen atoms in total. The molecule has 2 aromatic carbocycles.